The predicted molar refractivity (Wildman–Crippen MR) is 63.7 cm³/mol. The van der Waals surface area contributed by atoms with Gasteiger partial charge in [0.25, 0.3) is 0 Å². The van der Waals surface area contributed by atoms with Crippen molar-refractivity contribution in [1.82, 2.24) is 0 Å². The van der Waals surface area contributed by atoms with Crippen molar-refractivity contribution in [3.8, 4) is 5.75 Å². The zero-order valence-electron chi connectivity index (χ0n) is 10.1. The van der Waals surface area contributed by atoms with Crippen LogP contribution in [0, 0.1) is 5.92 Å². The van der Waals surface area contributed by atoms with Crippen molar-refractivity contribution in [3.63, 3.8) is 0 Å². The van der Waals surface area contributed by atoms with E-state index in [9.17, 15) is 5.11 Å². The zero-order chi connectivity index (χ0) is 12.0. The first kappa shape index (κ1) is 13.0. The van der Waals surface area contributed by atoms with Crippen molar-refractivity contribution in [3.05, 3.63) is 29.8 Å². The Bertz CT molecular complexity index is 312. The molecule has 0 fully saturated rings. The summed E-state index contributed by atoms with van der Waals surface area (Å²) in [5.74, 6) is 0.945. The van der Waals surface area contributed by atoms with Gasteiger partial charge in [0.15, 0.2) is 0 Å². The second-order valence-corrected chi connectivity index (χ2v) is 4.02. The van der Waals surface area contributed by atoms with E-state index in [1.165, 1.54) is 0 Å². The molecule has 1 aromatic rings. The number of benzene rings is 1. The number of para-hydroxylation sites is 1. The molecule has 0 aliphatic heterocycles. The minimum absolute atomic E-state index is 0.120. The van der Waals surface area contributed by atoms with Crippen LogP contribution in [-0.2, 0) is 11.2 Å². The van der Waals surface area contributed by atoms with Crippen LogP contribution in [0.25, 0.3) is 0 Å². The van der Waals surface area contributed by atoms with Crippen LogP contribution in [0.3, 0.4) is 0 Å². The van der Waals surface area contributed by atoms with Crippen molar-refractivity contribution in [1.29, 1.82) is 0 Å². The van der Waals surface area contributed by atoms with Crippen LogP contribution in [0.4, 0.5) is 0 Å². The molecule has 2 unspecified atom stereocenters. The molecule has 3 heteroatoms. The Labute approximate surface area is 97.0 Å². The fourth-order valence-corrected chi connectivity index (χ4v) is 1.67. The summed E-state index contributed by atoms with van der Waals surface area (Å²) in [7, 11) is 3.29. The molecule has 0 aromatic heterocycles. The summed E-state index contributed by atoms with van der Waals surface area (Å²) in [5, 5.41) is 9.99. The highest BCUT2D eigenvalue weighted by Gasteiger charge is 2.16. The highest BCUT2D eigenvalue weighted by Crippen LogP contribution is 2.21. The van der Waals surface area contributed by atoms with E-state index in [2.05, 4.69) is 0 Å². The molecule has 0 spiro atoms. The maximum absolute atomic E-state index is 9.99. The Balaban J connectivity index is 2.64. The van der Waals surface area contributed by atoms with Crippen LogP contribution in [-0.4, -0.2) is 32.0 Å². The van der Waals surface area contributed by atoms with E-state index in [1.807, 2.05) is 31.2 Å². The van der Waals surface area contributed by atoms with E-state index in [-0.39, 0.29) is 5.92 Å². The summed E-state index contributed by atoms with van der Waals surface area (Å²) >= 11 is 0. The van der Waals surface area contributed by atoms with E-state index in [0.29, 0.717) is 13.0 Å². The lowest BCUT2D eigenvalue weighted by Crippen LogP contribution is -2.24. The number of aliphatic hydroxyl groups excluding tert-OH is 1. The average molecular weight is 224 g/mol. The smallest absolute Gasteiger partial charge is 0.122 e. The lowest BCUT2D eigenvalue weighted by atomic mass is 9.98. The maximum atomic E-state index is 9.99. The third-order valence-electron chi connectivity index (χ3n) is 2.71. The minimum Gasteiger partial charge on any atom is -0.496 e. The van der Waals surface area contributed by atoms with Gasteiger partial charge in [-0.25, -0.2) is 0 Å². The van der Waals surface area contributed by atoms with Gasteiger partial charge in [-0.05, 0) is 11.6 Å². The summed E-state index contributed by atoms with van der Waals surface area (Å²) in [4.78, 5) is 0. The van der Waals surface area contributed by atoms with E-state index in [0.717, 1.165) is 11.3 Å². The molecule has 0 heterocycles. The predicted octanol–water partition coefficient (Wildman–Crippen LogP) is 1.88. The van der Waals surface area contributed by atoms with E-state index < -0.39 is 6.10 Å². The quantitative estimate of drug-likeness (QED) is 0.802. The molecule has 16 heavy (non-hydrogen) atoms. The third-order valence-corrected chi connectivity index (χ3v) is 2.71. The Kier molecular flexibility index (Phi) is 5.29. The average Bonchev–Trinajstić information content (AvgIpc) is 2.30. The van der Waals surface area contributed by atoms with E-state index in [1.54, 1.807) is 14.2 Å². The molecular formula is C13H20O3. The molecule has 2 atom stereocenters. The molecule has 1 N–H and O–H groups in total. The number of ether oxygens (including phenoxy) is 2. The first-order valence-electron chi connectivity index (χ1n) is 5.48. The Hall–Kier alpha value is -1.06. The van der Waals surface area contributed by atoms with E-state index >= 15 is 0 Å². The number of hydrogen-bond donors (Lipinski definition) is 1. The van der Waals surface area contributed by atoms with Gasteiger partial charge in [0.1, 0.15) is 5.75 Å². The van der Waals surface area contributed by atoms with Gasteiger partial charge in [-0.15, -0.1) is 0 Å². The molecule has 0 saturated heterocycles. The fraction of sp³-hybridized carbons (Fsp3) is 0.538. The zero-order valence-corrected chi connectivity index (χ0v) is 10.1. The Morgan fingerprint density at radius 2 is 1.94 bits per heavy atom. The van der Waals surface area contributed by atoms with Crippen molar-refractivity contribution in [2.45, 2.75) is 19.4 Å². The molecule has 1 rings (SSSR count). The Morgan fingerprint density at radius 3 is 2.56 bits per heavy atom. The highest BCUT2D eigenvalue weighted by molar-refractivity contribution is 5.33. The van der Waals surface area contributed by atoms with Gasteiger partial charge in [-0.3, -0.25) is 0 Å². The van der Waals surface area contributed by atoms with Crippen LogP contribution in [0.1, 0.15) is 12.5 Å². The van der Waals surface area contributed by atoms with Gasteiger partial charge in [-0.1, -0.05) is 25.1 Å². The first-order chi connectivity index (χ1) is 7.69. The molecule has 0 aliphatic rings. The summed E-state index contributed by atoms with van der Waals surface area (Å²) in [5.41, 5.74) is 1.03. The maximum Gasteiger partial charge on any atom is 0.122 e. The molecule has 0 bridgehead atoms. The van der Waals surface area contributed by atoms with Crippen molar-refractivity contribution in [2.24, 2.45) is 5.92 Å². The van der Waals surface area contributed by atoms with Gasteiger partial charge >= 0.3 is 0 Å². The third kappa shape index (κ3) is 3.51. The number of methoxy groups -OCH3 is 2. The summed E-state index contributed by atoms with van der Waals surface area (Å²) in [6, 6.07) is 7.75. The highest BCUT2D eigenvalue weighted by atomic mass is 16.5. The molecule has 0 amide bonds. The normalized spacial score (nSPS) is 14.5. The number of hydrogen-bond acceptors (Lipinski definition) is 3. The minimum atomic E-state index is -0.406. The second kappa shape index (κ2) is 6.51. The standard InChI is InChI=1S/C13H20O3/c1-10(9-15-2)12(14)8-11-6-4-5-7-13(11)16-3/h4-7,10,12,14H,8-9H2,1-3H3. The monoisotopic (exact) mass is 224 g/mol. The van der Waals surface area contributed by atoms with E-state index in [4.69, 9.17) is 9.47 Å². The Morgan fingerprint density at radius 1 is 1.25 bits per heavy atom. The summed E-state index contributed by atoms with van der Waals surface area (Å²) in [6.07, 6.45) is 0.186. The van der Waals surface area contributed by atoms with Gasteiger partial charge < -0.3 is 14.6 Å². The molecule has 1 aromatic carbocycles. The molecule has 3 nitrogen and oxygen atoms in total. The second-order valence-electron chi connectivity index (χ2n) is 4.02. The lowest BCUT2D eigenvalue weighted by Gasteiger charge is -2.19. The van der Waals surface area contributed by atoms with Crippen molar-refractivity contribution in [2.75, 3.05) is 20.8 Å². The molecule has 0 aliphatic carbocycles. The molecule has 0 saturated carbocycles. The van der Waals surface area contributed by atoms with Gasteiger partial charge in [0.05, 0.1) is 19.8 Å². The fourth-order valence-electron chi connectivity index (χ4n) is 1.67. The van der Waals surface area contributed by atoms with Crippen molar-refractivity contribution < 1.29 is 14.6 Å². The van der Waals surface area contributed by atoms with Crippen molar-refractivity contribution >= 4 is 0 Å². The molecule has 90 valence electrons. The van der Waals surface area contributed by atoms with Crippen LogP contribution < -0.4 is 4.74 Å². The summed E-state index contributed by atoms with van der Waals surface area (Å²) < 4.78 is 10.3. The summed E-state index contributed by atoms with van der Waals surface area (Å²) in [6.45, 7) is 2.54. The van der Waals surface area contributed by atoms with Gasteiger partial charge in [0, 0.05) is 19.4 Å². The van der Waals surface area contributed by atoms with Gasteiger partial charge in [0.2, 0.25) is 0 Å². The first-order valence-corrected chi connectivity index (χ1v) is 5.48. The molecular weight excluding hydrogens is 204 g/mol. The van der Waals surface area contributed by atoms with Crippen LogP contribution in [0.15, 0.2) is 24.3 Å². The van der Waals surface area contributed by atoms with Crippen LogP contribution in [0.2, 0.25) is 0 Å². The number of aliphatic hydroxyl groups is 1. The topological polar surface area (TPSA) is 38.7 Å². The SMILES string of the molecule is COCC(C)C(O)Cc1ccccc1OC. The van der Waals surface area contributed by atoms with Crippen LogP contribution in [0.5, 0.6) is 5.75 Å². The lowest BCUT2D eigenvalue weighted by molar-refractivity contribution is 0.0571. The number of rotatable bonds is 6. The largest absolute Gasteiger partial charge is 0.496 e. The molecule has 0 radical (unpaired) electrons. The van der Waals surface area contributed by atoms with Crippen LogP contribution >= 0.6 is 0 Å². The van der Waals surface area contributed by atoms with Gasteiger partial charge in [-0.2, -0.15) is 0 Å².